The van der Waals surface area contributed by atoms with Gasteiger partial charge in [0.05, 0.1) is 5.69 Å². The third-order valence-electron chi connectivity index (χ3n) is 9.05. The Morgan fingerprint density at radius 3 is 1.89 bits per heavy atom. The molecule has 1 aromatic heterocycles. The zero-order valence-electron chi connectivity index (χ0n) is 25.1. The number of fused-ring (bicyclic) bond motifs is 5. The Morgan fingerprint density at radius 2 is 1.02 bits per heavy atom. The van der Waals surface area contributed by atoms with Crippen molar-refractivity contribution < 1.29 is 4.42 Å². The molecule has 0 aliphatic rings. The number of anilines is 3. The molecule has 1 heterocycles. The predicted octanol–water partition coefficient (Wildman–Crippen LogP) is 12.7. The van der Waals surface area contributed by atoms with E-state index in [0.717, 1.165) is 39.0 Å². The molecule has 0 aliphatic carbocycles. The van der Waals surface area contributed by atoms with Gasteiger partial charge in [0.25, 0.3) is 0 Å². The number of hydrogen-bond donors (Lipinski definition) is 0. The van der Waals surface area contributed by atoms with E-state index >= 15 is 0 Å². The number of hydrogen-bond acceptors (Lipinski definition) is 2. The minimum atomic E-state index is 0.868. The van der Waals surface area contributed by atoms with Gasteiger partial charge in [-0.25, -0.2) is 0 Å². The van der Waals surface area contributed by atoms with E-state index in [1.54, 1.807) is 0 Å². The van der Waals surface area contributed by atoms with E-state index in [9.17, 15) is 0 Å². The molecular formula is C44H29NO. The molecule has 0 fully saturated rings. The Bertz CT molecular complexity index is 2520. The van der Waals surface area contributed by atoms with Crippen LogP contribution in [0.25, 0.3) is 65.7 Å². The molecule has 0 aliphatic heterocycles. The van der Waals surface area contributed by atoms with E-state index in [2.05, 4.69) is 181 Å². The average molecular weight is 588 g/mol. The molecule has 8 aromatic carbocycles. The van der Waals surface area contributed by atoms with Crippen molar-refractivity contribution in [1.82, 2.24) is 0 Å². The topological polar surface area (TPSA) is 16.4 Å². The first kappa shape index (κ1) is 26.3. The summed E-state index contributed by atoms with van der Waals surface area (Å²) in [5.74, 6) is 0. The van der Waals surface area contributed by atoms with Crippen LogP contribution in [-0.2, 0) is 0 Å². The van der Waals surface area contributed by atoms with Gasteiger partial charge >= 0.3 is 0 Å². The monoisotopic (exact) mass is 587 g/mol. The Labute approximate surface area is 267 Å². The maximum atomic E-state index is 6.77. The maximum Gasteiger partial charge on any atom is 0.159 e. The second kappa shape index (κ2) is 10.8. The second-order valence-electron chi connectivity index (χ2n) is 11.7. The van der Waals surface area contributed by atoms with Gasteiger partial charge in [-0.1, -0.05) is 133 Å². The number of rotatable bonds is 5. The van der Waals surface area contributed by atoms with Crippen molar-refractivity contribution in [3.05, 3.63) is 176 Å². The van der Waals surface area contributed by atoms with Crippen LogP contribution in [-0.4, -0.2) is 0 Å². The quantitative estimate of drug-likeness (QED) is 0.199. The summed E-state index contributed by atoms with van der Waals surface area (Å²) in [5, 5.41) is 7.20. The van der Waals surface area contributed by atoms with E-state index in [4.69, 9.17) is 4.42 Å². The molecule has 0 bridgehead atoms. The van der Waals surface area contributed by atoms with Crippen LogP contribution in [0.1, 0.15) is 0 Å². The molecule has 0 N–H and O–H groups in total. The molecule has 9 rings (SSSR count). The lowest BCUT2D eigenvalue weighted by molar-refractivity contribution is 0.669. The Morgan fingerprint density at radius 1 is 0.391 bits per heavy atom. The van der Waals surface area contributed by atoms with E-state index in [1.807, 2.05) is 0 Å². The highest BCUT2D eigenvalue weighted by atomic mass is 16.3. The van der Waals surface area contributed by atoms with Crippen molar-refractivity contribution in [3.8, 4) is 22.3 Å². The average Bonchev–Trinajstić information content (AvgIpc) is 3.52. The first-order valence-corrected chi connectivity index (χ1v) is 15.7. The van der Waals surface area contributed by atoms with E-state index in [-0.39, 0.29) is 0 Å². The van der Waals surface area contributed by atoms with Crippen LogP contribution in [0.5, 0.6) is 0 Å². The summed E-state index contributed by atoms with van der Waals surface area (Å²) in [7, 11) is 0. The van der Waals surface area contributed by atoms with Gasteiger partial charge in [-0.05, 0) is 86.3 Å². The molecule has 9 aromatic rings. The van der Waals surface area contributed by atoms with Crippen LogP contribution in [0.2, 0.25) is 0 Å². The maximum absolute atomic E-state index is 6.77. The van der Waals surface area contributed by atoms with Crippen LogP contribution >= 0.6 is 0 Å². The Hall–Kier alpha value is -6.12. The molecule has 0 amide bonds. The van der Waals surface area contributed by atoms with Gasteiger partial charge in [0.2, 0.25) is 0 Å². The van der Waals surface area contributed by atoms with Gasteiger partial charge in [-0.15, -0.1) is 0 Å². The molecule has 2 nitrogen and oxygen atoms in total. The standard InChI is InChI=1S/C44H29NO/c1-2-15-35(16-3-1)45(36-27-25-31(26-28-36)34-24-23-30-11-4-5-13-33(30)29-34)41-21-9-20-40-43-39(19-10-22-42(43)46-44(40)41)38-18-8-14-32-12-6-7-17-37(32)38/h1-29H. The van der Waals surface area contributed by atoms with Gasteiger partial charge in [-0.2, -0.15) is 0 Å². The molecule has 0 saturated heterocycles. The van der Waals surface area contributed by atoms with Gasteiger partial charge in [0, 0.05) is 22.1 Å². The summed E-state index contributed by atoms with van der Waals surface area (Å²) < 4.78 is 6.77. The molecule has 0 saturated carbocycles. The smallest absolute Gasteiger partial charge is 0.159 e. The van der Waals surface area contributed by atoms with Crippen LogP contribution in [0, 0.1) is 0 Å². The van der Waals surface area contributed by atoms with Crippen molar-refractivity contribution >= 4 is 60.5 Å². The van der Waals surface area contributed by atoms with Crippen LogP contribution < -0.4 is 4.90 Å². The lowest BCUT2D eigenvalue weighted by atomic mass is 9.94. The Kier molecular flexibility index (Phi) is 6.17. The predicted molar refractivity (Wildman–Crippen MR) is 194 cm³/mol. The van der Waals surface area contributed by atoms with E-state index in [1.165, 1.54) is 43.8 Å². The summed E-state index contributed by atoms with van der Waals surface area (Å²) >= 11 is 0. The van der Waals surface area contributed by atoms with Gasteiger partial charge in [0.1, 0.15) is 5.58 Å². The minimum absolute atomic E-state index is 0.868. The van der Waals surface area contributed by atoms with Crippen molar-refractivity contribution in [3.63, 3.8) is 0 Å². The zero-order chi connectivity index (χ0) is 30.5. The SMILES string of the molecule is c1ccc(N(c2ccc(-c3ccc4ccccc4c3)cc2)c2cccc3c2oc2cccc(-c4cccc5ccccc45)c23)cc1. The van der Waals surface area contributed by atoms with Gasteiger partial charge in [-0.3, -0.25) is 0 Å². The van der Waals surface area contributed by atoms with Crippen LogP contribution in [0.4, 0.5) is 17.1 Å². The summed E-state index contributed by atoms with van der Waals surface area (Å²) in [6.07, 6.45) is 0. The Balaban J connectivity index is 1.21. The highest BCUT2D eigenvalue weighted by Gasteiger charge is 2.21. The lowest BCUT2D eigenvalue weighted by Crippen LogP contribution is -2.10. The second-order valence-corrected chi connectivity index (χ2v) is 11.7. The fraction of sp³-hybridized carbons (Fsp3) is 0. The van der Waals surface area contributed by atoms with Crippen LogP contribution in [0.3, 0.4) is 0 Å². The normalized spacial score (nSPS) is 11.5. The largest absolute Gasteiger partial charge is 0.454 e. The van der Waals surface area contributed by atoms with Gasteiger partial charge in [0.15, 0.2) is 5.58 Å². The fourth-order valence-electron chi connectivity index (χ4n) is 6.87. The number of furan rings is 1. The third-order valence-corrected chi connectivity index (χ3v) is 9.05. The molecule has 0 spiro atoms. The molecular weight excluding hydrogens is 558 g/mol. The van der Waals surface area contributed by atoms with Gasteiger partial charge < -0.3 is 9.32 Å². The zero-order valence-corrected chi connectivity index (χ0v) is 25.1. The number of para-hydroxylation sites is 2. The third kappa shape index (κ3) is 4.35. The molecule has 46 heavy (non-hydrogen) atoms. The molecule has 216 valence electrons. The first-order chi connectivity index (χ1) is 22.8. The van der Waals surface area contributed by atoms with Crippen LogP contribution in [0.15, 0.2) is 180 Å². The summed E-state index contributed by atoms with van der Waals surface area (Å²) in [5.41, 5.74) is 9.67. The number of benzene rings is 8. The summed E-state index contributed by atoms with van der Waals surface area (Å²) in [6, 6.07) is 62.6. The molecule has 0 unspecified atom stereocenters. The molecule has 2 heteroatoms. The first-order valence-electron chi connectivity index (χ1n) is 15.7. The molecule has 0 radical (unpaired) electrons. The van der Waals surface area contributed by atoms with E-state index < -0.39 is 0 Å². The van der Waals surface area contributed by atoms with Crippen molar-refractivity contribution in [2.24, 2.45) is 0 Å². The lowest BCUT2D eigenvalue weighted by Gasteiger charge is -2.25. The number of nitrogens with zero attached hydrogens (tertiary/aromatic N) is 1. The van der Waals surface area contributed by atoms with E-state index in [0.29, 0.717) is 0 Å². The highest BCUT2D eigenvalue weighted by molar-refractivity contribution is 6.17. The van der Waals surface area contributed by atoms with Crippen molar-refractivity contribution in [1.29, 1.82) is 0 Å². The fourth-order valence-corrected chi connectivity index (χ4v) is 6.87. The molecule has 0 atom stereocenters. The highest BCUT2D eigenvalue weighted by Crippen LogP contribution is 2.45. The minimum Gasteiger partial charge on any atom is -0.454 e. The summed E-state index contributed by atoms with van der Waals surface area (Å²) in [4.78, 5) is 2.30. The summed E-state index contributed by atoms with van der Waals surface area (Å²) in [6.45, 7) is 0. The van der Waals surface area contributed by atoms with Crippen molar-refractivity contribution in [2.75, 3.05) is 4.90 Å². The van der Waals surface area contributed by atoms with Crippen molar-refractivity contribution in [2.45, 2.75) is 0 Å².